The van der Waals surface area contributed by atoms with Crippen molar-refractivity contribution in [3.05, 3.63) is 64.2 Å². The van der Waals surface area contributed by atoms with Gasteiger partial charge in [-0.1, -0.05) is 18.2 Å². The van der Waals surface area contributed by atoms with Crippen molar-refractivity contribution in [3.8, 4) is 0 Å². The monoisotopic (exact) mass is 486 g/mol. The standard InChI is InChI=1S/C20H21F3N4O5S/c21-20(22,23)17-6-1-2-7-18(17)33(31,32)26-12-10-25(11-13-26)9-8-19(28)24-15-4-3-5-16(14-15)27(29)30/h1-7,14H,8-13H2,(H,24,28). The molecule has 1 aliphatic heterocycles. The van der Waals surface area contributed by atoms with Crippen LogP contribution in [0.1, 0.15) is 12.0 Å². The number of halogens is 3. The SMILES string of the molecule is O=C(CCN1CCN(S(=O)(=O)c2ccccc2C(F)(F)F)CC1)Nc1cccc([N+](=O)[O-])c1. The van der Waals surface area contributed by atoms with E-state index in [4.69, 9.17) is 0 Å². The second-order valence-corrected chi connectivity index (χ2v) is 9.25. The molecule has 1 heterocycles. The smallest absolute Gasteiger partial charge is 0.326 e. The fraction of sp³-hybridized carbons (Fsp3) is 0.350. The lowest BCUT2D eigenvalue weighted by atomic mass is 10.2. The molecule has 0 unspecified atom stereocenters. The Hall–Kier alpha value is -3.03. The first kappa shape index (κ1) is 24.6. The summed E-state index contributed by atoms with van der Waals surface area (Å²) in [4.78, 5) is 23.4. The fourth-order valence-corrected chi connectivity index (χ4v) is 5.07. The van der Waals surface area contributed by atoms with Gasteiger partial charge in [-0.05, 0) is 18.2 Å². The molecule has 2 aromatic rings. The Morgan fingerprint density at radius 2 is 1.73 bits per heavy atom. The first-order chi connectivity index (χ1) is 15.5. The van der Waals surface area contributed by atoms with Crippen LogP contribution in [0.3, 0.4) is 0 Å². The van der Waals surface area contributed by atoms with E-state index in [9.17, 15) is 36.5 Å². The topological polar surface area (TPSA) is 113 Å². The van der Waals surface area contributed by atoms with Crippen LogP contribution in [0.2, 0.25) is 0 Å². The maximum absolute atomic E-state index is 13.2. The molecule has 3 rings (SSSR count). The number of nitrogens with one attached hydrogen (secondary N) is 1. The van der Waals surface area contributed by atoms with E-state index in [0.29, 0.717) is 6.54 Å². The summed E-state index contributed by atoms with van der Waals surface area (Å²) in [7, 11) is -4.33. The number of nitro benzene ring substituents is 1. The molecule has 1 N–H and O–H groups in total. The highest BCUT2D eigenvalue weighted by Gasteiger charge is 2.39. The predicted molar refractivity (Wildman–Crippen MR) is 113 cm³/mol. The highest BCUT2D eigenvalue weighted by atomic mass is 32.2. The van der Waals surface area contributed by atoms with Crippen LogP contribution in [0.4, 0.5) is 24.5 Å². The molecule has 178 valence electrons. The van der Waals surface area contributed by atoms with E-state index < -0.39 is 31.6 Å². The number of nitrogens with zero attached hydrogens (tertiary/aromatic N) is 3. The van der Waals surface area contributed by atoms with E-state index in [1.165, 1.54) is 30.3 Å². The highest BCUT2D eigenvalue weighted by molar-refractivity contribution is 7.89. The number of piperazine rings is 1. The van der Waals surface area contributed by atoms with Crippen LogP contribution in [-0.4, -0.2) is 61.2 Å². The van der Waals surface area contributed by atoms with E-state index in [1.807, 2.05) is 4.90 Å². The van der Waals surface area contributed by atoms with Gasteiger partial charge in [0.05, 0.1) is 15.4 Å². The van der Waals surface area contributed by atoms with Gasteiger partial charge >= 0.3 is 6.18 Å². The second-order valence-electron chi connectivity index (χ2n) is 7.35. The molecule has 0 aromatic heterocycles. The average Bonchev–Trinajstić information content (AvgIpc) is 2.77. The summed E-state index contributed by atoms with van der Waals surface area (Å²) in [5.74, 6) is -0.371. The van der Waals surface area contributed by atoms with Crippen LogP contribution in [0.25, 0.3) is 0 Å². The molecule has 0 atom stereocenters. The molecule has 13 heteroatoms. The number of alkyl halides is 3. The van der Waals surface area contributed by atoms with Crippen molar-refractivity contribution < 1.29 is 31.3 Å². The predicted octanol–water partition coefficient (Wildman–Crippen LogP) is 2.95. The van der Waals surface area contributed by atoms with Gasteiger partial charge in [0.2, 0.25) is 15.9 Å². The van der Waals surface area contributed by atoms with Crippen molar-refractivity contribution in [2.45, 2.75) is 17.5 Å². The largest absolute Gasteiger partial charge is 0.417 e. The molecule has 0 aliphatic carbocycles. The minimum absolute atomic E-state index is 0.0129. The van der Waals surface area contributed by atoms with Gasteiger partial charge < -0.3 is 10.2 Å². The lowest BCUT2D eigenvalue weighted by molar-refractivity contribution is -0.384. The number of benzene rings is 2. The Morgan fingerprint density at radius 1 is 1.06 bits per heavy atom. The molecule has 1 amide bonds. The average molecular weight is 486 g/mol. The molecular weight excluding hydrogens is 465 g/mol. The van der Waals surface area contributed by atoms with Gasteiger partial charge in [0.1, 0.15) is 0 Å². The summed E-state index contributed by atoms with van der Waals surface area (Å²) < 4.78 is 66.3. The summed E-state index contributed by atoms with van der Waals surface area (Å²) in [6.45, 7) is 0.769. The first-order valence-electron chi connectivity index (χ1n) is 9.91. The van der Waals surface area contributed by atoms with Crippen molar-refractivity contribution in [2.24, 2.45) is 0 Å². The van der Waals surface area contributed by atoms with Crippen LogP contribution >= 0.6 is 0 Å². The molecule has 1 saturated heterocycles. The number of non-ortho nitro benzene ring substituents is 1. The maximum Gasteiger partial charge on any atom is 0.417 e. The third-order valence-corrected chi connectivity index (χ3v) is 7.09. The number of sulfonamides is 1. The molecule has 0 bridgehead atoms. The third kappa shape index (κ3) is 6.06. The Balaban J connectivity index is 1.55. The summed E-state index contributed by atoms with van der Waals surface area (Å²) in [6, 6.07) is 9.58. The summed E-state index contributed by atoms with van der Waals surface area (Å²) in [5, 5.41) is 13.4. The maximum atomic E-state index is 13.2. The van der Waals surface area contributed by atoms with Gasteiger partial charge in [-0.15, -0.1) is 0 Å². The molecule has 0 saturated carbocycles. The Kier molecular flexibility index (Phi) is 7.34. The second kappa shape index (κ2) is 9.85. The van der Waals surface area contributed by atoms with Crippen molar-refractivity contribution in [2.75, 3.05) is 38.0 Å². The van der Waals surface area contributed by atoms with E-state index in [-0.39, 0.29) is 49.9 Å². The normalized spacial score (nSPS) is 15.8. The van der Waals surface area contributed by atoms with Gasteiger partial charge in [0.25, 0.3) is 5.69 Å². The number of anilines is 1. The van der Waals surface area contributed by atoms with Crippen LogP contribution in [0.5, 0.6) is 0 Å². The van der Waals surface area contributed by atoms with E-state index >= 15 is 0 Å². The van der Waals surface area contributed by atoms with Crippen LogP contribution in [-0.2, 0) is 21.0 Å². The van der Waals surface area contributed by atoms with Gasteiger partial charge in [-0.2, -0.15) is 17.5 Å². The molecule has 2 aromatic carbocycles. The van der Waals surface area contributed by atoms with Gasteiger partial charge in [0, 0.05) is 57.0 Å². The molecule has 0 radical (unpaired) electrons. The Morgan fingerprint density at radius 3 is 2.36 bits per heavy atom. The van der Waals surface area contributed by atoms with Crippen molar-refractivity contribution in [3.63, 3.8) is 0 Å². The minimum atomic E-state index is -4.79. The Labute approximate surface area is 188 Å². The third-order valence-electron chi connectivity index (χ3n) is 5.14. The van der Waals surface area contributed by atoms with Crippen LogP contribution < -0.4 is 5.32 Å². The first-order valence-corrected chi connectivity index (χ1v) is 11.4. The number of rotatable bonds is 7. The Bertz CT molecular complexity index is 1130. The lowest BCUT2D eigenvalue weighted by Gasteiger charge is -2.34. The number of carbonyl (C=O) groups excluding carboxylic acids is 1. The minimum Gasteiger partial charge on any atom is -0.326 e. The zero-order chi connectivity index (χ0) is 24.2. The highest BCUT2D eigenvalue weighted by Crippen LogP contribution is 2.35. The zero-order valence-corrected chi connectivity index (χ0v) is 18.1. The number of hydrogen-bond donors (Lipinski definition) is 1. The fourth-order valence-electron chi connectivity index (χ4n) is 3.44. The van der Waals surface area contributed by atoms with Crippen molar-refractivity contribution in [1.82, 2.24) is 9.21 Å². The van der Waals surface area contributed by atoms with Crippen LogP contribution in [0.15, 0.2) is 53.4 Å². The molecule has 9 nitrogen and oxygen atoms in total. The number of hydrogen-bond acceptors (Lipinski definition) is 6. The van der Waals surface area contributed by atoms with Crippen molar-refractivity contribution in [1.29, 1.82) is 0 Å². The van der Waals surface area contributed by atoms with Gasteiger partial charge in [-0.3, -0.25) is 14.9 Å². The van der Waals surface area contributed by atoms with Gasteiger partial charge in [-0.25, -0.2) is 8.42 Å². The van der Waals surface area contributed by atoms with Gasteiger partial charge in [0.15, 0.2) is 0 Å². The molecule has 1 fully saturated rings. The summed E-state index contributed by atoms with van der Waals surface area (Å²) in [5.41, 5.74) is -1.07. The quantitative estimate of drug-likeness (QED) is 0.476. The summed E-state index contributed by atoms with van der Waals surface area (Å²) in [6.07, 6.45) is -4.73. The number of carbonyl (C=O) groups is 1. The number of amides is 1. The van der Waals surface area contributed by atoms with E-state index in [2.05, 4.69) is 5.32 Å². The van der Waals surface area contributed by atoms with E-state index in [0.717, 1.165) is 22.5 Å². The molecular formula is C20H21F3N4O5S. The number of nitro groups is 1. The van der Waals surface area contributed by atoms with Crippen LogP contribution in [0, 0.1) is 10.1 Å². The van der Waals surface area contributed by atoms with Crippen molar-refractivity contribution >= 4 is 27.3 Å². The lowest BCUT2D eigenvalue weighted by Crippen LogP contribution is -2.49. The zero-order valence-electron chi connectivity index (χ0n) is 17.3. The molecule has 1 aliphatic rings. The van der Waals surface area contributed by atoms with E-state index in [1.54, 1.807) is 0 Å². The summed E-state index contributed by atoms with van der Waals surface area (Å²) >= 11 is 0. The molecule has 0 spiro atoms. The molecule has 33 heavy (non-hydrogen) atoms.